The summed E-state index contributed by atoms with van der Waals surface area (Å²) in [6, 6.07) is 4.85. The minimum absolute atomic E-state index is 0.0805. The van der Waals surface area contributed by atoms with E-state index in [-0.39, 0.29) is 5.56 Å². The van der Waals surface area contributed by atoms with E-state index in [0.29, 0.717) is 6.61 Å². The van der Waals surface area contributed by atoms with Crippen LogP contribution in [0.5, 0.6) is 0 Å². The molecule has 1 aromatic carbocycles. The summed E-state index contributed by atoms with van der Waals surface area (Å²) in [4.78, 5) is 23.7. The van der Waals surface area contributed by atoms with Crippen LogP contribution in [0.3, 0.4) is 0 Å². The maximum absolute atomic E-state index is 13.5. The van der Waals surface area contributed by atoms with Crippen molar-refractivity contribution in [2.45, 2.75) is 58.4 Å². The van der Waals surface area contributed by atoms with E-state index in [1.165, 1.54) is 44.4 Å². The van der Waals surface area contributed by atoms with Crippen LogP contribution in [0.4, 0.5) is 4.39 Å². The fraction of sp³-hybridized carbons (Fsp3) is 0.556. The maximum atomic E-state index is 13.5. The number of carbonyl (C=O) groups excluding carboxylic acids is 2. The van der Waals surface area contributed by atoms with Gasteiger partial charge < -0.3 is 10.1 Å². The first-order valence-corrected chi connectivity index (χ1v) is 8.28. The van der Waals surface area contributed by atoms with Crippen molar-refractivity contribution in [1.29, 1.82) is 0 Å². The highest BCUT2D eigenvalue weighted by molar-refractivity contribution is 5.96. The van der Waals surface area contributed by atoms with Gasteiger partial charge in [0, 0.05) is 0 Å². The molecule has 128 valence electrons. The lowest BCUT2D eigenvalue weighted by Gasteiger charge is -2.13. The number of carbonyl (C=O) groups is 2. The molecule has 0 aliphatic heterocycles. The number of unbranched alkanes of at least 4 members (excludes halogenated alkanes) is 5. The number of nitrogens with one attached hydrogen (secondary N) is 1. The van der Waals surface area contributed by atoms with Crippen molar-refractivity contribution in [3.63, 3.8) is 0 Å². The van der Waals surface area contributed by atoms with Crippen molar-refractivity contribution < 1.29 is 18.7 Å². The number of benzene rings is 1. The molecule has 1 amide bonds. The van der Waals surface area contributed by atoms with Crippen LogP contribution in [-0.2, 0) is 9.53 Å². The predicted octanol–water partition coefficient (Wildman–Crippen LogP) is 3.85. The maximum Gasteiger partial charge on any atom is 0.328 e. The van der Waals surface area contributed by atoms with Gasteiger partial charge in [0.05, 0.1) is 12.2 Å². The molecule has 0 aliphatic carbocycles. The molecule has 0 saturated carbocycles. The molecule has 1 rings (SSSR count). The zero-order chi connectivity index (χ0) is 17.1. The van der Waals surface area contributed by atoms with Crippen LogP contribution in [0.15, 0.2) is 24.3 Å². The van der Waals surface area contributed by atoms with Crippen LogP contribution in [0.2, 0.25) is 0 Å². The number of rotatable bonds is 10. The molecule has 5 heteroatoms. The number of hydrogen-bond donors (Lipinski definition) is 1. The zero-order valence-electron chi connectivity index (χ0n) is 13.9. The standard InChI is InChI=1S/C18H26FNO3/c1-3-4-5-6-7-10-13-23-18(22)14(2)20-17(21)15-11-8-9-12-16(15)19/h8-9,11-12,14H,3-7,10,13H2,1-2H3,(H,20,21)/t14-/m0/s1. The normalized spacial score (nSPS) is 11.8. The van der Waals surface area contributed by atoms with Crippen molar-refractivity contribution in [3.05, 3.63) is 35.6 Å². The van der Waals surface area contributed by atoms with E-state index in [9.17, 15) is 14.0 Å². The molecule has 0 bridgehead atoms. The van der Waals surface area contributed by atoms with E-state index in [1.54, 1.807) is 6.07 Å². The number of esters is 1. The summed E-state index contributed by atoms with van der Waals surface area (Å²) in [6.45, 7) is 4.05. The summed E-state index contributed by atoms with van der Waals surface area (Å²) in [6.07, 6.45) is 6.64. The molecule has 0 saturated heterocycles. The Morgan fingerprint density at radius 3 is 2.48 bits per heavy atom. The van der Waals surface area contributed by atoms with Crippen LogP contribution >= 0.6 is 0 Å². The Balaban J connectivity index is 2.26. The lowest BCUT2D eigenvalue weighted by molar-refractivity contribution is -0.145. The first-order valence-electron chi connectivity index (χ1n) is 8.28. The van der Waals surface area contributed by atoms with Gasteiger partial charge in [-0.3, -0.25) is 4.79 Å². The van der Waals surface area contributed by atoms with Gasteiger partial charge in [-0.25, -0.2) is 9.18 Å². The molecule has 0 radical (unpaired) electrons. The van der Waals surface area contributed by atoms with Crippen LogP contribution in [-0.4, -0.2) is 24.5 Å². The molecular weight excluding hydrogens is 297 g/mol. The van der Waals surface area contributed by atoms with Crippen molar-refractivity contribution in [3.8, 4) is 0 Å². The van der Waals surface area contributed by atoms with E-state index in [4.69, 9.17) is 4.74 Å². The molecule has 4 nitrogen and oxygen atoms in total. The quantitative estimate of drug-likeness (QED) is 0.525. The fourth-order valence-electron chi connectivity index (χ4n) is 2.16. The van der Waals surface area contributed by atoms with Gasteiger partial charge >= 0.3 is 5.97 Å². The van der Waals surface area contributed by atoms with Gasteiger partial charge in [-0.15, -0.1) is 0 Å². The Kier molecular flexibility index (Phi) is 8.95. The lowest BCUT2D eigenvalue weighted by atomic mass is 10.1. The molecule has 23 heavy (non-hydrogen) atoms. The van der Waals surface area contributed by atoms with Crippen molar-refractivity contribution in [2.75, 3.05) is 6.61 Å². The lowest BCUT2D eigenvalue weighted by Crippen LogP contribution is -2.40. The largest absolute Gasteiger partial charge is 0.464 e. The minimum atomic E-state index is -0.804. The molecule has 0 heterocycles. The van der Waals surface area contributed by atoms with Crippen molar-refractivity contribution >= 4 is 11.9 Å². The van der Waals surface area contributed by atoms with Gasteiger partial charge in [-0.05, 0) is 25.5 Å². The molecule has 0 unspecified atom stereocenters. The van der Waals surface area contributed by atoms with Gasteiger partial charge in [0.2, 0.25) is 0 Å². The van der Waals surface area contributed by atoms with Crippen LogP contribution < -0.4 is 5.32 Å². The van der Waals surface area contributed by atoms with Crippen molar-refractivity contribution in [1.82, 2.24) is 5.32 Å². The smallest absolute Gasteiger partial charge is 0.328 e. The van der Waals surface area contributed by atoms with Crippen LogP contribution in [0.25, 0.3) is 0 Å². The third-order valence-electron chi connectivity index (χ3n) is 3.56. The van der Waals surface area contributed by atoms with Crippen molar-refractivity contribution in [2.24, 2.45) is 0 Å². The predicted molar refractivity (Wildman–Crippen MR) is 87.7 cm³/mol. The number of amides is 1. The Morgan fingerprint density at radius 1 is 1.13 bits per heavy atom. The number of hydrogen-bond acceptors (Lipinski definition) is 3. The Morgan fingerprint density at radius 2 is 1.78 bits per heavy atom. The molecule has 1 aromatic rings. The highest BCUT2D eigenvalue weighted by Gasteiger charge is 2.19. The Labute approximate surface area is 137 Å². The van der Waals surface area contributed by atoms with Gasteiger partial charge in [-0.2, -0.15) is 0 Å². The monoisotopic (exact) mass is 323 g/mol. The second-order valence-corrected chi connectivity index (χ2v) is 5.61. The first-order chi connectivity index (χ1) is 11.1. The molecule has 0 aliphatic rings. The molecule has 1 atom stereocenters. The molecule has 1 N–H and O–H groups in total. The van der Waals surface area contributed by atoms with E-state index < -0.39 is 23.7 Å². The van der Waals surface area contributed by atoms with Crippen LogP contribution in [0.1, 0.15) is 62.7 Å². The SMILES string of the molecule is CCCCCCCCOC(=O)[C@H](C)NC(=O)c1ccccc1F. The second-order valence-electron chi connectivity index (χ2n) is 5.61. The Bertz CT molecular complexity index is 505. The molecular formula is C18H26FNO3. The highest BCUT2D eigenvalue weighted by atomic mass is 19.1. The minimum Gasteiger partial charge on any atom is -0.464 e. The van der Waals surface area contributed by atoms with E-state index in [0.717, 1.165) is 19.3 Å². The van der Waals surface area contributed by atoms with Gasteiger partial charge in [0.1, 0.15) is 11.9 Å². The highest BCUT2D eigenvalue weighted by Crippen LogP contribution is 2.07. The first kappa shape index (κ1) is 19.1. The summed E-state index contributed by atoms with van der Waals surface area (Å²) in [5.74, 6) is -1.73. The third-order valence-corrected chi connectivity index (χ3v) is 3.56. The summed E-state index contributed by atoms with van der Waals surface area (Å²) >= 11 is 0. The van der Waals surface area contributed by atoms with E-state index in [2.05, 4.69) is 12.2 Å². The number of halogens is 1. The molecule has 0 fully saturated rings. The summed E-state index contributed by atoms with van der Waals surface area (Å²) in [7, 11) is 0. The topological polar surface area (TPSA) is 55.4 Å². The second kappa shape index (κ2) is 10.8. The zero-order valence-corrected chi connectivity index (χ0v) is 13.9. The van der Waals surface area contributed by atoms with Gasteiger partial charge in [0.15, 0.2) is 0 Å². The van der Waals surface area contributed by atoms with Gasteiger partial charge in [0.25, 0.3) is 5.91 Å². The van der Waals surface area contributed by atoms with Crippen LogP contribution in [0, 0.1) is 5.82 Å². The summed E-state index contributed by atoms with van der Waals surface area (Å²) in [5, 5.41) is 2.45. The average molecular weight is 323 g/mol. The van der Waals surface area contributed by atoms with E-state index >= 15 is 0 Å². The fourth-order valence-corrected chi connectivity index (χ4v) is 2.16. The molecule has 0 spiro atoms. The summed E-state index contributed by atoms with van der Waals surface area (Å²) in [5.41, 5.74) is -0.0805. The third kappa shape index (κ3) is 7.26. The molecule has 0 aromatic heterocycles. The number of ether oxygens (including phenoxy) is 1. The van der Waals surface area contributed by atoms with Gasteiger partial charge in [-0.1, -0.05) is 51.2 Å². The Hall–Kier alpha value is -1.91. The summed E-state index contributed by atoms with van der Waals surface area (Å²) < 4.78 is 18.6. The average Bonchev–Trinajstić information content (AvgIpc) is 2.54. The van der Waals surface area contributed by atoms with E-state index in [1.807, 2.05) is 0 Å².